The quantitative estimate of drug-likeness (QED) is 0.783. The van der Waals surface area contributed by atoms with Crippen molar-refractivity contribution in [1.29, 1.82) is 0 Å². The summed E-state index contributed by atoms with van der Waals surface area (Å²) in [7, 11) is 0. The molecule has 0 aromatic carbocycles. The summed E-state index contributed by atoms with van der Waals surface area (Å²) >= 11 is 0. The summed E-state index contributed by atoms with van der Waals surface area (Å²) < 4.78 is 18.6. The lowest BCUT2D eigenvalue weighted by Crippen LogP contribution is -2.20. The topological polar surface area (TPSA) is 34.2 Å². The zero-order valence-electron chi connectivity index (χ0n) is 8.03. The molecule has 2 unspecified atom stereocenters. The molecule has 0 bridgehead atoms. The number of hydrogen-bond acceptors (Lipinski definition) is 3. The van der Waals surface area contributed by atoms with Crippen LogP contribution < -0.4 is 5.32 Å². The minimum atomic E-state index is -0.313. The van der Waals surface area contributed by atoms with Crippen LogP contribution in [0.3, 0.4) is 0 Å². The van der Waals surface area contributed by atoms with Crippen molar-refractivity contribution in [1.82, 2.24) is 4.98 Å². The fourth-order valence-corrected chi connectivity index (χ4v) is 1.63. The van der Waals surface area contributed by atoms with Crippen LogP contribution in [-0.2, 0) is 4.74 Å². The summed E-state index contributed by atoms with van der Waals surface area (Å²) in [4.78, 5) is 3.69. The normalized spacial score (nSPS) is 26.4. The van der Waals surface area contributed by atoms with Crippen LogP contribution in [0.1, 0.15) is 13.3 Å². The first-order valence-corrected chi connectivity index (χ1v) is 4.73. The zero-order valence-corrected chi connectivity index (χ0v) is 8.03. The highest BCUT2D eigenvalue weighted by atomic mass is 19.1. The number of rotatable bonds is 2. The van der Waals surface area contributed by atoms with Gasteiger partial charge < -0.3 is 10.1 Å². The zero-order chi connectivity index (χ0) is 9.97. The molecule has 0 saturated carbocycles. The average molecular weight is 196 g/mol. The largest absolute Gasteiger partial charge is 0.377 e. The second kappa shape index (κ2) is 3.92. The fraction of sp³-hybridized carbons (Fsp3) is 0.500. The van der Waals surface area contributed by atoms with Gasteiger partial charge in [-0.15, -0.1) is 0 Å². The molecule has 0 radical (unpaired) electrons. The smallest absolute Gasteiger partial charge is 0.164 e. The van der Waals surface area contributed by atoms with Gasteiger partial charge in [0.15, 0.2) is 5.82 Å². The Morgan fingerprint density at radius 3 is 3.14 bits per heavy atom. The van der Waals surface area contributed by atoms with Crippen LogP contribution in [0.2, 0.25) is 0 Å². The lowest BCUT2D eigenvalue weighted by atomic mass is 10.2. The first-order valence-electron chi connectivity index (χ1n) is 4.73. The van der Waals surface area contributed by atoms with Crippen molar-refractivity contribution in [3.05, 3.63) is 24.3 Å². The van der Waals surface area contributed by atoms with Gasteiger partial charge in [0.25, 0.3) is 0 Å². The highest BCUT2D eigenvalue weighted by molar-refractivity contribution is 5.43. The van der Waals surface area contributed by atoms with Crippen molar-refractivity contribution >= 4 is 5.69 Å². The lowest BCUT2D eigenvalue weighted by molar-refractivity contribution is 0.124. The molecule has 4 heteroatoms. The summed E-state index contributed by atoms with van der Waals surface area (Å²) in [6, 6.07) is 1.85. The number of nitrogens with one attached hydrogen (secondary N) is 1. The number of pyridine rings is 1. The van der Waals surface area contributed by atoms with E-state index in [1.807, 2.05) is 6.92 Å². The molecule has 1 aromatic heterocycles. The van der Waals surface area contributed by atoms with Crippen LogP contribution in [0.15, 0.2) is 18.5 Å². The van der Waals surface area contributed by atoms with Gasteiger partial charge in [-0.25, -0.2) is 4.39 Å². The van der Waals surface area contributed by atoms with Gasteiger partial charge in [-0.05, 0) is 19.4 Å². The number of nitrogens with zero attached hydrogens (tertiary/aromatic N) is 1. The molecule has 1 N–H and O–H groups in total. The van der Waals surface area contributed by atoms with Crippen molar-refractivity contribution < 1.29 is 9.13 Å². The molecule has 0 amide bonds. The number of hydrogen-bond donors (Lipinski definition) is 1. The summed E-state index contributed by atoms with van der Waals surface area (Å²) in [5.41, 5.74) is 0.503. The van der Waals surface area contributed by atoms with Crippen molar-refractivity contribution in [2.24, 2.45) is 0 Å². The van der Waals surface area contributed by atoms with E-state index in [0.29, 0.717) is 12.3 Å². The fourth-order valence-electron chi connectivity index (χ4n) is 1.63. The van der Waals surface area contributed by atoms with Crippen LogP contribution in [0.4, 0.5) is 10.1 Å². The van der Waals surface area contributed by atoms with Crippen molar-refractivity contribution in [2.75, 3.05) is 11.9 Å². The Hall–Kier alpha value is -1.16. The van der Waals surface area contributed by atoms with E-state index < -0.39 is 0 Å². The number of ether oxygens (including phenoxy) is 1. The molecule has 76 valence electrons. The number of aromatic nitrogens is 1. The predicted molar refractivity (Wildman–Crippen MR) is 51.6 cm³/mol. The van der Waals surface area contributed by atoms with E-state index in [9.17, 15) is 4.39 Å². The third-order valence-electron chi connectivity index (χ3n) is 2.33. The third kappa shape index (κ3) is 2.01. The van der Waals surface area contributed by atoms with Gasteiger partial charge in [0, 0.05) is 6.20 Å². The van der Waals surface area contributed by atoms with Crippen LogP contribution in [0.25, 0.3) is 0 Å². The molecule has 1 aliphatic rings. The standard InChI is InChI=1S/C10H13FN2O/c1-7-4-8(6-14-7)13-10-2-3-12-5-9(10)11/h2-3,5,7-8H,4,6H2,1H3,(H,12,13). The highest BCUT2D eigenvalue weighted by Gasteiger charge is 2.22. The van der Waals surface area contributed by atoms with E-state index in [2.05, 4.69) is 10.3 Å². The van der Waals surface area contributed by atoms with Gasteiger partial charge in [0.2, 0.25) is 0 Å². The molecule has 2 rings (SSSR count). The second-order valence-electron chi connectivity index (χ2n) is 3.58. The molecule has 14 heavy (non-hydrogen) atoms. The minimum Gasteiger partial charge on any atom is -0.377 e. The SMILES string of the molecule is CC1CC(Nc2ccncc2F)CO1. The molecule has 2 heterocycles. The van der Waals surface area contributed by atoms with Gasteiger partial charge in [-0.3, -0.25) is 4.98 Å². The van der Waals surface area contributed by atoms with Gasteiger partial charge in [0.1, 0.15) is 0 Å². The molecule has 1 aliphatic heterocycles. The molecule has 1 fully saturated rings. The summed E-state index contributed by atoms with van der Waals surface area (Å²) in [6.07, 6.45) is 3.96. The van der Waals surface area contributed by atoms with Crippen molar-refractivity contribution in [3.63, 3.8) is 0 Å². The van der Waals surface area contributed by atoms with Crippen LogP contribution in [-0.4, -0.2) is 23.7 Å². The molecule has 2 atom stereocenters. The summed E-state index contributed by atoms with van der Waals surface area (Å²) in [6.45, 7) is 2.66. The first kappa shape index (κ1) is 9.40. The monoisotopic (exact) mass is 196 g/mol. The molecule has 0 aliphatic carbocycles. The molecule has 1 aromatic rings. The second-order valence-corrected chi connectivity index (χ2v) is 3.58. The van der Waals surface area contributed by atoms with E-state index >= 15 is 0 Å². The summed E-state index contributed by atoms with van der Waals surface area (Å²) in [5, 5.41) is 3.10. The maximum absolute atomic E-state index is 13.2. The molecular weight excluding hydrogens is 183 g/mol. The Balaban J connectivity index is 2.01. The Bertz CT molecular complexity index is 319. The maximum Gasteiger partial charge on any atom is 0.164 e. The van der Waals surface area contributed by atoms with Gasteiger partial charge in [-0.2, -0.15) is 0 Å². The molecular formula is C10H13FN2O. The predicted octanol–water partition coefficient (Wildman–Crippen LogP) is 1.81. The molecule has 1 saturated heterocycles. The van der Waals surface area contributed by atoms with Crippen LogP contribution >= 0.6 is 0 Å². The van der Waals surface area contributed by atoms with E-state index in [4.69, 9.17) is 4.74 Å². The lowest BCUT2D eigenvalue weighted by Gasteiger charge is -2.12. The van der Waals surface area contributed by atoms with E-state index in [1.165, 1.54) is 6.20 Å². The average Bonchev–Trinajstić information content (AvgIpc) is 2.56. The highest BCUT2D eigenvalue weighted by Crippen LogP contribution is 2.19. The Kier molecular flexibility index (Phi) is 2.63. The van der Waals surface area contributed by atoms with E-state index in [1.54, 1.807) is 12.3 Å². The first-order chi connectivity index (χ1) is 6.75. The van der Waals surface area contributed by atoms with Gasteiger partial charge in [0.05, 0.1) is 30.6 Å². The number of halogens is 1. The van der Waals surface area contributed by atoms with Gasteiger partial charge >= 0.3 is 0 Å². The molecule has 3 nitrogen and oxygen atoms in total. The number of anilines is 1. The van der Waals surface area contributed by atoms with Crippen LogP contribution in [0.5, 0.6) is 0 Å². The maximum atomic E-state index is 13.2. The Morgan fingerprint density at radius 1 is 1.64 bits per heavy atom. The minimum absolute atomic E-state index is 0.210. The van der Waals surface area contributed by atoms with Crippen molar-refractivity contribution in [3.8, 4) is 0 Å². The van der Waals surface area contributed by atoms with Crippen molar-refractivity contribution in [2.45, 2.75) is 25.5 Å². The van der Waals surface area contributed by atoms with Crippen LogP contribution in [0, 0.1) is 5.82 Å². The van der Waals surface area contributed by atoms with Gasteiger partial charge in [-0.1, -0.05) is 0 Å². The Morgan fingerprint density at radius 2 is 2.50 bits per heavy atom. The summed E-state index contributed by atoms with van der Waals surface area (Å²) in [5.74, 6) is -0.313. The Labute approximate surface area is 82.3 Å². The molecule has 0 spiro atoms. The van der Waals surface area contributed by atoms with E-state index in [0.717, 1.165) is 6.42 Å². The third-order valence-corrected chi connectivity index (χ3v) is 2.33. The van der Waals surface area contributed by atoms with E-state index in [-0.39, 0.29) is 18.0 Å².